The summed E-state index contributed by atoms with van der Waals surface area (Å²) in [6.07, 6.45) is 16.5. The lowest BCUT2D eigenvalue weighted by Crippen LogP contribution is -2.54. The largest absolute Gasteiger partial charge is 0.394 e. The fourth-order valence-corrected chi connectivity index (χ4v) is 3.73. The summed E-state index contributed by atoms with van der Waals surface area (Å²) < 4.78 is 0. The molecule has 0 bridgehead atoms. The summed E-state index contributed by atoms with van der Waals surface area (Å²) in [5, 5.41) is 14.8. The van der Waals surface area contributed by atoms with E-state index in [2.05, 4.69) is 17.6 Å². The summed E-state index contributed by atoms with van der Waals surface area (Å²) in [6, 6.07) is -1.71. The van der Waals surface area contributed by atoms with Crippen molar-refractivity contribution in [2.75, 3.05) is 20.2 Å². The van der Waals surface area contributed by atoms with Crippen LogP contribution in [0.1, 0.15) is 111 Å². The van der Waals surface area contributed by atoms with Crippen molar-refractivity contribution in [3.8, 4) is 0 Å². The van der Waals surface area contributed by atoms with E-state index < -0.39 is 24.6 Å². The first-order valence-electron chi connectivity index (χ1n) is 12.8. The summed E-state index contributed by atoms with van der Waals surface area (Å²) in [5.41, 5.74) is 0. The molecule has 1 unspecified atom stereocenters. The Morgan fingerprint density at radius 2 is 1.25 bits per heavy atom. The minimum atomic E-state index is -0.985. The molecule has 3 N–H and O–H groups in total. The lowest BCUT2D eigenvalue weighted by atomic mass is 10.0. The Morgan fingerprint density at radius 1 is 0.781 bits per heavy atom. The van der Waals surface area contributed by atoms with Gasteiger partial charge in [0.15, 0.2) is 0 Å². The summed E-state index contributed by atoms with van der Waals surface area (Å²) in [7, 11) is 1.53. The maximum atomic E-state index is 12.4. The van der Waals surface area contributed by atoms with Gasteiger partial charge in [-0.1, -0.05) is 84.0 Å². The normalized spacial score (nSPS) is 12.8. The number of unbranched alkanes of at least 4 members (excludes halogenated alkanes) is 12. The predicted octanol–water partition coefficient (Wildman–Crippen LogP) is 3.93. The molecular weight excluding hydrogens is 406 g/mol. The Kier molecular flexibility index (Phi) is 19.0. The Bertz CT molecular complexity index is 513. The molecule has 0 saturated carbocycles. The first-order valence-corrected chi connectivity index (χ1v) is 12.8. The van der Waals surface area contributed by atoms with Crippen LogP contribution in [0.4, 0.5) is 0 Å². The van der Waals surface area contributed by atoms with E-state index in [1.807, 2.05) is 0 Å². The van der Waals surface area contributed by atoms with Gasteiger partial charge in [0.2, 0.25) is 17.7 Å². The van der Waals surface area contributed by atoms with Gasteiger partial charge in [-0.3, -0.25) is 14.4 Å². The maximum absolute atomic E-state index is 12.4. The highest BCUT2D eigenvalue weighted by Gasteiger charge is 2.28. The van der Waals surface area contributed by atoms with E-state index in [1.165, 1.54) is 76.2 Å². The van der Waals surface area contributed by atoms with Gasteiger partial charge in [0.05, 0.1) is 6.61 Å². The first kappa shape index (κ1) is 30.4. The van der Waals surface area contributed by atoms with Gasteiger partial charge >= 0.3 is 0 Å². The Morgan fingerprint density at radius 3 is 1.69 bits per heavy atom. The van der Waals surface area contributed by atoms with Crippen LogP contribution in [0.2, 0.25) is 0 Å². The van der Waals surface area contributed by atoms with Gasteiger partial charge in [-0.25, -0.2) is 0 Å². The van der Waals surface area contributed by atoms with Crippen molar-refractivity contribution < 1.29 is 19.5 Å². The molecule has 7 nitrogen and oxygen atoms in total. The first-order chi connectivity index (χ1) is 15.4. The van der Waals surface area contributed by atoms with E-state index in [1.54, 1.807) is 13.8 Å². The van der Waals surface area contributed by atoms with Gasteiger partial charge in [-0.15, -0.1) is 0 Å². The average molecular weight is 456 g/mol. The lowest BCUT2D eigenvalue weighted by Gasteiger charge is -2.27. The van der Waals surface area contributed by atoms with Gasteiger partial charge in [0, 0.05) is 20.0 Å². The van der Waals surface area contributed by atoms with Crippen molar-refractivity contribution in [3.05, 3.63) is 0 Å². The number of rotatable bonds is 20. The number of aliphatic hydroxyl groups is 1. The van der Waals surface area contributed by atoms with Gasteiger partial charge in [-0.2, -0.15) is 0 Å². The predicted molar refractivity (Wildman–Crippen MR) is 130 cm³/mol. The molecule has 0 aliphatic heterocycles. The Labute approximate surface area is 196 Å². The topological polar surface area (TPSA) is 98.7 Å². The molecule has 32 heavy (non-hydrogen) atoms. The number of likely N-dealkylation sites (N-methyl/N-ethyl adjacent to an activating group) is 2. The molecule has 0 aliphatic rings. The van der Waals surface area contributed by atoms with Gasteiger partial charge in [0.25, 0.3) is 0 Å². The van der Waals surface area contributed by atoms with Crippen molar-refractivity contribution in [1.29, 1.82) is 0 Å². The molecule has 0 aromatic rings. The van der Waals surface area contributed by atoms with Crippen LogP contribution in [-0.4, -0.2) is 60.0 Å². The zero-order chi connectivity index (χ0) is 24.2. The van der Waals surface area contributed by atoms with E-state index in [-0.39, 0.29) is 11.8 Å². The van der Waals surface area contributed by atoms with Crippen molar-refractivity contribution in [3.63, 3.8) is 0 Å². The van der Waals surface area contributed by atoms with Gasteiger partial charge < -0.3 is 20.6 Å². The molecule has 0 saturated heterocycles. The number of hydrogen-bond acceptors (Lipinski definition) is 4. The van der Waals surface area contributed by atoms with Crippen LogP contribution in [0, 0.1) is 0 Å². The number of amides is 3. The fourth-order valence-electron chi connectivity index (χ4n) is 3.73. The van der Waals surface area contributed by atoms with Crippen molar-refractivity contribution in [1.82, 2.24) is 15.5 Å². The van der Waals surface area contributed by atoms with Crippen LogP contribution in [-0.2, 0) is 14.4 Å². The highest BCUT2D eigenvalue weighted by atomic mass is 16.3. The van der Waals surface area contributed by atoms with Crippen LogP contribution in [0.15, 0.2) is 0 Å². The summed E-state index contributed by atoms with van der Waals surface area (Å²) in [4.78, 5) is 37.9. The van der Waals surface area contributed by atoms with Gasteiger partial charge in [0.1, 0.15) is 12.1 Å². The summed E-state index contributed by atoms with van der Waals surface area (Å²) >= 11 is 0. The van der Waals surface area contributed by atoms with E-state index in [4.69, 9.17) is 0 Å². The molecule has 0 aromatic carbocycles. The smallest absolute Gasteiger partial charge is 0.245 e. The maximum Gasteiger partial charge on any atom is 0.245 e. The molecule has 0 aliphatic carbocycles. The second-order valence-corrected chi connectivity index (χ2v) is 8.82. The Balaban J connectivity index is 3.94. The molecule has 188 valence electrons. The van der Waals surface area contributed by atoms with Crippen LogP contribution < -0.4 is 10.6 Å². The molecule has 2 atom stereocenters. The molecule has 0 radical (unpaired) electrons. The fraction of sp³-hybridized carbons (Fsp3) is 0.880. The third-order valence-corrected chi connectivity index (χ3v) is 5.93. The van der Waals surface area contributed by atoms with E-state index in [0.717, 1.165) is 19.3 Å². The minimum absolute atomic E-state index is 0.159. The second kappa shape index (κ2) is 20.0. The molecular formula is C25H49N3O4. The van der Waals surface area contributed by atoms with Crippen LogP contribution in [0.25, 0.3) is 0 Å². The number of hydrogen-bond donors (Lipinski definition) is 3. The van der Waals surface area contributed by atoms with Gasteiger partial charge in [-0.05, 0) is 20.3 Å². The van der Waals surface area contributed by atoms with E-state index in [0.29, 0.717) is 13.0 Å². The van der Waals surface area contributed by atoms with Crippen molar-refractivity contribution in [2.45, 2.75) is 123 Å². The highest BCUT2D eigenvalue weighted by molar-refractivity contribution is 5.91. The van der Waals surface area contributed by atoms with E-state index >= 15 is 0 Å². The van der Waals surface area contributed by atoms with Crippen LogP contribution in [0.5, 0.6) is 0 Å². The standard InChI is InChI=1S/C25H49N3O4/c1-5-7-8-9-10-11-12-13-14-15-16-17-18-19-23(30)28(4)22(20-29)25(32)27-21(3)24(31)26-6-2/h21-22,29H,5-20H2,1-4H3,(H,26,31)(H,27,32)/t21-,22?/m1/s1. The zero-order valence-corrected chi connectivity index (χ0v) is 21.1. The second-order valence-electron chi connectivity index (χ2n) is 8.82. The molecule has 7 heteroatoms. The molecule has 0 fully saturated rings. The quantitative estimate of drug-likeness (QED) is 0.242. The molecule has 0 aromatic heterocycles. The highest BCUT2D eigenvalue weighted by Crippen LogP contribution is 2.13. The number of nitrogens with one attached hydrogen (secondary N) is 2. The average Bonchev–Trinajstić information content (AvgIpc) is 2.77. The molecule has 0 rings (SSSR count). The monoisotopic (exact) mass is 455 g/mol. The number of nitrogens with zero attached hydrogens (tertiary/aromatic N) is 1. The zero-order valence-electron chi connectivity index (χ0n) is 21.1. The lowest BCUT2D eigenvalue weighted by molar-refractivity contribution is -0.141. The third kappa shape index (κ3) is 14.4. The number of aliphatic hydroxyl groups excluding tert-OH is 1. The van der Waals surface area contributed by atoms with Crippen LogP contribution in [0.3, 0.4) is 0 Å². The Hall–Kier alpha value is -1.63. The number of carbonyl (C=O) groups is 3. The van der Waals surface area contributed by atoms with Crippen LogP contribution >= 0.6 is 0 Å². The summed E-state index contributed by atoms with van der Waals surface area (Å²) in [6.45, 7) is 5.62. The summed E-state index contributed by atoms with van der Waals surface area (Å²) in [5.74, 6) is -0.973. The van der Waals surface area contributed by atoms with Crippen molar-refractivity contribution in [2.24, 2.45) is 0 Å². The molecule has 3 amide bonds. The van der Waals surface area contributed by atoms with Crippen molar-refractivity contribution >= 4 is 17.7 Å². The molecule has 0 heterocycles. The van der Waals surface area contributed by atoms with E-state index in [9.17, 15) is 19.5 Å². The SMILES string of the molecule is CCCCCCCCCCCCCCCC(=O)N(C)C(CO)C(=O)N[C@H](C)C(=O)NCC. The minimum Gasteiger partial charge on any atom is -0.394 e. The molecule has 0 spiro atoms. The third-order valence-electron chi connectivity index (χ3n) is 5.93. The number of carbonyl (C=O) groups excluding carboxylic acids is 3.